The van der Waals surface area contributed by atoms with Crippen molar-refractivity contribution in [1.29, 1.82) is 0 Å². The molecular formula is C23H30F6N4O6. The van der Waals surface area contributed by atoms with E-state index in [0.29, 0.717) is 13.0 Å². The van der Waals surface area contributed by atoms with Crippen molar-refractivity contribution in [1.82, 2.24) is 19.7 Å². The van der Waals surface area contributed by atoms with E-state index in [9.17, 15) is 35.9 Å². The summed E-state index contributed by atoms with van der Waals surface area (Å²) in [5.41, 5.74) is 0.994. The third kappa shape index (κ3) is 11.1. The number of aromatic nitrogens is 1. The number of alkyl halides is 6. The van der Waals surface area contributed by atoms with E-state index in [2.05, 4.69) is 16.0 Å². The lowest BCUT2D eigenvalue weighted by molar-refractivity contribution is -0.193. The fourth-order valence-electron chi connectivity index (χ4n) is 4.10. The number of carbonyl (C=O) groups is 4. The number of nitrogens with zero attached hydrogens (tertiary/aromatic N) is 4. The number of carboxylic acids is 2. The molecule has 2 fully saturated rings. The SMILES string of the molecule is CC(C)C(=O)N1CCN(Cc2cccnc2)CC2(CC(=O)N(C)C2)C1.O=C(O)C(F)(F)F.O=C(O)C(F)(F)F. The van der Waals surface area contributed by atoms with Crippen molar-refractivity contribution in [2.24, 2.45) is 11.3 Å². The molecular weight excluding hydrogens is 542 g/mol. The van der Waals surface area contributed by atoms with Crippen LogP contribution in [-0.4, -0.2) is 106 Å². The number of pyridine rings is 1. The number of hydrogen-bond acceptors (Lipinski definition) is 6. The fourth-order valence-corrected chi connectivity index (χ4v) is 4.10. The lowest BCUT2D eigenvalue weighted by Gasteiger charge is -2.34. The van der Waals surface area contributed by atoms with Crippen LogP contribution in [0.2, 0.25) is 0 Å². The number of rotatable bonds is 3. The number of aliphatic carboxylic acids is 2. The molecule has 1 atom stereocenters. The van der Waals surface area contributed by atoms with Crippen LogP contribution in [0.5, 0.6) is 0 Å². The van der Waals surface area contributed by atoms with E-state index in [0.717, 1.165) is 32.7 Å². The first kappa shape index (κ1) is 33.6. The molecule has 2 aliphatic heterocycles. The Labute approximate surface area is 220 Å². The number of halogens is 6. The molecule has 1 spiro atoms. The van der Waals surface area contributed by atoms with Crippen molar-refractivity contribution < 1.29 is 55.7 Å². The molecule has 1 aromatic heterocycles. The highest BCUT2D eigenvalue weighted by Gasteiger charge is 2.46. The van der Waals surface area contributed by atoms with Gasteiger partial charge in [0.25, 0.3) is 0 Å². The van der Waals surface area contributed by atoms with Crippen LogP contribution in [0.15, 0.2) is 24.5 Å². The van der Waals surface area contributed by atoms with Gasteiger partial charge in [0.15, 0.2) is 0 Å². The minimum atomic E-state index is -5.08. The van der Waals surface area contributed by atoms with Crippen LogP contribution in [0.4, 0.5) is 26.3 Å². The summed E-state index contributed by atoms with van der Waals surface area (Å²) in [5.74, 6) is -5.17. The van der Waals surface area contributed by atoms with Crippen molar-refractivity contribution in [3.8, 4) is 0 Å². The molecule has 3 heterocycles. The van der Waals surface area contributed by atoms with Gasteiger partial charge in [-0.2, -0.15) is 26.3 Å². The Morgan fingerprint density at radius 3 is 1.92 bits per heavy atom. The second-order valence-electron chi connectivity index (χ2n) is 9.52. The quantitative estimate of drug-likeness (QED) is 0.529. The molecule has 3 rings (SSSR count). The molecule has 0 aromatic carbocycles. The molecule has 0 aliphatic carbocycles. The van der Waals surface area contributed by atoms with Gasteiger partial charge < -0.3 is 20.0 Å². The molecule has 2 amide bonds. The molecule has 10 nitrogen and oxygen atoms in total. The van der Waals surface area contributed by atoms with Crippen molar-refractivity contribution in [3.05, 3.63) is 30.1 Å². The highest BCUT2D eigenvalue weighted by molar-refractivity contribution is 5.81. The van der Waals surface area contributed by atoms with E-state index in [1.807, 2.05) is 43.0 Å². The third-order valence-corrected chi connectivity index (χ3v) is 5.72. The normalized spacial score (nSPS) is 20.1. The number of carboxylic acid groups (broad SMARTS) is 2. The average Bonchev–Trinajstić information content (AvgIpc) is 2.96. The van der Waals surface area contributed by atoms with E-state index in [4.69, 9.17) is 19.8 Å². The Hall–Kier alpha value is -3.43. The summed E-state index contributed by atoms with van der Waals surface area (Å²) in [6.07, 6.45) is -5.98. The molecule has 39 heavy (non-hydrogen) atoms. The number of hydrogen-bond donors (Lipinski definition) is 2. The minimum absolute atomic E-state index is 0.0169. The van der Waals surface area contributed by atoms with Gasteiger partial charge in [0, 0.05) is 76.5 Å². The van der Waals surface area contributed by atoms with Gasteiger partial charge in [0.05, 0.1) is 0 Å². The van der Waals surface area contributed by atoms with Crippen molar-refractivity contribution in [2.45, 2.75) is 39.2 Å². The smallest absolute Gasteiger partial charge is 0.475 e. The molecule has 16 heteroatoms. The lowest BCUT2D eigenvalue weighted by Crippen LogP contribution is -2.45. The van der Waals surface area contributed by atoms with Crippen molar-refractivity contribution in [3.63, 3.8) is 0 Å². The summed E-state index contributed by atoms with van der Waals surface area (Å²) in [5, 5.41) is 14.2. The first-order chi connectivity index (χ1) is 17.8. The standard InChI is InChI=1S/C19H28N4O2.2C2HF3O2/c1-15(2)18(25)23-8-7-22(11-16-5-4-6-20-10-16)13-19(14-23)9-17(24)21(3)12-19;2*3-2(4,5)1(6)7/h4-6,10,15H,7-9,11-14H2,1-3H3;2*(H,6,7). The first-order valence-corrected chi connectivity index (χ1v) is 11.5. The van der Waals surface area contributed by atoms with Crippen LogP contribution in [0, 0.1) is 11.3 Å². The Kier molecular flexibility index (Phi) is 11.7. The molecule has 1 unspecified atom stereocenters. The molecule has 0 bridgehead atoms. The van der Waals surface area contributed by atoms with Gasteiger partial charge in [-0.1, -0.05) is 19.9 Å². The Bertz CT molecular complexity index is 981. The summed E-state index contributed by atoms with van der Waals surface area (Å²) >= 11 is 0. The maximum atomic E-state index is 12.6. The first-order valence-electron chi connectivity index (χ1n) is 11.5. The summed E-state index contributed by atoms with van der Waals surface area (Å²) in [7, 11) is 1.86. The zero-order valence-corrected chi connectivity index (χ0v) is 21.4. The summed E-state index contributed by atoms with van der Waals surface area (Å²) in [6, 6.07) is 4.03. The fraction of sp³-hybridized carbons (Fsp3) is 0.609. The van der Waals surface area contributed by atoms with Gasteiger partial charge in [0.2, 0.25) is 11.8 Å². The molecule has 2 saturated heterocycles. The van der Waals surface area contributed by atoms with Gasteiger partial charge in [-0.3, -0.25) is 19.5 Å². The van der Waals surface area contributed by atoms with E-state index in [1.165, 1.54) is 5.56 Å². The average molecular weight is 573 g/mol. The van der Waals surface area contributed by atoms with Crippen LogP contribution in [0.25, 0.3) is 0 Å². The van der Waals surface area contributed by atoms with Crippen LogP contribution in [-0.2, 0) is 25.7 Å². The highest BCUT2D eigenvalue weighted by atomic mass is 19.4. The Morgan fingerprint density at radius 1 is 1.00 bits per heavy atom. The molecule has 0 saturated carbocycles. The summed E-state index contributed by atoms with van der Waals surface area (Å²) < 4.78 is 63.5. The summed E-state index contributed by atoms with van der Waals surface area (Å²) in [4.78, 5) is 53.0. The van der Waals surface area contributed by atoms with Crippen LogP contribution >= 0.6 is 0 Å². The van der Waals surface area contributed by atoms with Gasteiger partial charge >= 0.3 is 24.3 Å². The van der Waals surface area contributed by atoms with E-state index in [-0.39, 0.29) is 23.1 Å². The van der Waals surface area contributed by atoms with Crippen molar-refractivity contribution >= 4 is 23.8 Å². The largest absolute Gasteiger partial charge is 0.490 e. The molecule has 1 aromatic rings. The molecule has 0 radical (unpaired) electrons. The number of amides is 2. The van der Waals surface area contributed by atoms with E-state index in [1.54, 1.807) is 6.20 Å². The second kappa shape index (κ2) is 13.6. The second-order valence-corrected chi connectivity index (χ2v) is 9.52. The maximum absolute atomic E-state index is 12.6. The third-order valence-electron chi connectivity index (χ3n) is 5.72. The predicted octanol–water partition coefficient (Wildman–Crippen LogP) is 2.50. The minimum Gasteiger partial charge on any atom is -0.475 e. The van der Waals surface area contributed by atoms with Crippen LogP contribution < -0.4 is 0 Å². The van der Waals surface area contributed by atoms with Gasteiger partial charge in [0.1, 0.15) is 0 Å². The van der Waals surface area contributed by atoms with E-state index < -0.39 is 24.3 Å². The predicted molar refractivity (Wildman–Crippen MR) is 123 cm³/mol. The van der Waals surface area contributed by atoms with Crippen LogP contribution in [0.1, 0.15) is 25.8 Å². The monoisotopic (exact) mass is 572 g/mol. The molecule has 2 aliphatic rings. The Balaban J connectivity index is 0.000000449. The zero-order valence-electron chi connectivity index (χ0n) is 21.4. The lowest BCUT2D eigenvalue weighted by atomic mass is 9.85. The Morgan fingerprint density at radius 2 is 1.54 bits per heavy atom. The van der Waals surface area contributed by atoms with Gasteiger partial charge in [-0.25, -0.2) is 9.59 Å². The zero-order chi connectivity index (χ0) is 30.2. The van der Waals surface area contributed by atoms with Crippen molar-refractivity contribution in [2.75, 3.05) is 39.8 Å². The van der Waals surface area contributed by atoms with Gasteiger partial charge in [-0.05, 0) is 11.6 Å². The van der Waals surface area contributed by atoms with E-state index >= 15 is 0 Å². The topological polar surface area (TPSA) is 131 Å². The number of carbonyl (C=O) groups excluding carboxylic acids is 2. The maximum Gasteiger partial charge on any atom is 0.490 e. The van der Waals surface area contributed by atoms with Crippen LogP contribution in [0.3, 0.4) is 0 Å². The molecule has 2 N–H and O–H groups in total. The molecule has 220 valence electrons. The van der Waals surface area contributed by atoms with Gasteiger partial charge in [-0.15, -0.1) is 0 Å². The summed E-state index contributed by atoms with van der Waals surface area (Å²) in [6.45, 7) is 8.46. The highest BCUT2D eigenvalue weighted by Crippen LogP contribution is 2.35. The number of likely N-dealkylation sites (tertiary alicyclic amines) is 1.